The number of aliphatic carboxylic acids is 1. The molecule has 4 nitrogen and oxygen atoms in total. The molecule has 1 saturated carbocycles. The third-order valence-electron chi connectivity index (χ3n) is 3.34. The van der Waals surface area contributed by atoms with E-state index in [9.17, 15) is 9.90 Å². The molecule has 0 aromatic rings. The van der Waals surface area contributed by atoms with E-state index in [1.165, 1.54) is 0 Å². The Hall–Kier alpha value is -1.06. The molecule has 1 heterocycles. The lowest BCUT2D eigenvalue weighted by Crippen LogP contribution is -2.41. The number of carboxylic acid groups (broad SMARTS) is 1. The van der Waals surface area contributed by atoms with Crippen LogP contribution in [-0.2, 0) is 4.79 Å². The zero-order valence-corrected chi connectivity index (χ0v) is 8.25. The van der Waals surface area contributed by atoms with Crippen LogP contribution in [0, 0.1) is 5.41 Å². The van der Waals surface area contributed by atoms with E-state index >= 15 is 0 Å². The predicted molar refractivity (Wildman–Crippen MR) is 53.2 cm³/mol. The Morgan fingerprint density at radius 1 is 1.36 bits per heavy atom. The lowest BCUT2D eigenvalue weighted by molar-refractivity contribution is -0.145. The van der Waals surface area contributed by atoms with Crippen LogP contribution in [0.3, 0.4) is 0 Å². The van der Waals surface area contributed by atoms with Crippen molar-refractivity contribution in [2.75, 3.05) is 6.54 Å². The van der Waals surface area contributed by atoms with Crippen molar-refractivity contribution in [2.45, 2.75) is 38.5 Å². The van der Waals surface area contributed by atoms with Crippen molar-refractivity contribution in [3.05, 3.63) is 0 Å². The van der Waals surface area contributed by atoms with Gasteiger partial charge in [0.1, 0.15) is 5.41 Å². The van der Waals surface area contributed by atoms with Gasteiger partial charge in [0.25, 0.3) is 0 Å². The molecule has 2 aliphatic rings. The first-order valence-electron chi connectivity index (χ1n) is 5.29. The van der Waals surface area contributed by atoms with Crippen molar-refractivity contribution in [2.24, 2.45) is 10.5 Å². The molecule has 0 amide bonds. The number of nitrogens with zero attached hydrogens (tertiary/aromatic N) is 1. The third-order valence-corrected chi connectivity index (χ3v) is 3.34. The molecule has 0 radical (unpaired) electrons. The Morgan fingerprint density at radius 2 is 2.14 bits per heavy atom. The fourth-order valence-corrected chi connectivity index (χ4v) is 2.49. The van der Waals surface area contributed by atoms with E-state index < -0.39 is 11.4 Å². The van der Waals surface area contributed by atoms with Gasteiger partial charge in [-0.2, -0.15) is 5.10 Å². The standard InChI is InChI=1S/C10H16N2O2/c13-9(14)10-5-2-1-4-8(10)12-11-7-3-6-10/h11H,1-7H2,(H,13,14). The second-order valence-electron chi connectivity index (χ2n) is 4.16. The first kappa shape index (κ1) is 9.49. The summed E-state index contributed by atoms with van der Waals surface area (Å²) in [7, 11) is 0. The highest BCUT2D eigenvalue weighted by molar-refractivity contribution is 6.06. The van der Waals surface area contributed by atoms with Gasteiger partial charge >= 0.3 is 5.97 Å². The Morgan fingerprint density at radius 3 is 2.93 bits per heavy atom. The summed E-state index contributed by atoms with van der Waals surface area (Å²) in [6.07, 6.45) is 5.36. The molecule has 4 heteroatoms. The maximum Gasteiger partial charge on any atom is 0.315 e. The molecule has 0 aromatic heterocycles. The predicted octanol–water partition coefficient (Wildman–Crippen LogP) is 1.37. The van der Waals surface area contributed by atoms with Crippen molar-refractivity contribution in [3.63, 3.8) is 0 Å². The summed E-state index contributed by atoms with van der Waals surface area (Å²) in [5.41, 5.74) is 3.18. The van der Waals surface area contributed by atoms with Crippen LogP contribution >= 0.6 is 0 Å². The average molecular weight is 196 g/mol. The highest BCUT2D eigenvalue weighted by atomic mass is 16.4. The van der Waals surface area contributed by atoms with Crippen LogP contribution in [-0.4, -0.2) is 23.3 Å². The minimum atomic E-state index is -0.681. The monoisotopic (exact) mass is 196 g/mol. The summed E-state index contributed by atoms with van der Waals surface area (Å²) in [6, 6.07) is 0. The van der Waals surface area contributed by atoms with Gasteiger partial charge in [-0.3, -0.25) is 4.79 Å². The first-order valence-corrected chi connectivity index (χ1v) is 5.29. The molecule has 14 heavy (non-hydrogen) atoms. The van der Waals surface area contributed by atoms with Gasteiger partial charge in [-0.1, -0.05) is 6.42 Å². The summed E-state index contributed by atoms with van der Waals surface area (Å²) in [4.78, 5) is 11.4. The van der Waals surface area contributed by atoms with E-state index in [1.807, 2.05) is 0 Å². The number of hydrogen-bond donors (Lipinski definition) is 2. The molecule has 0 saturated heterocycles. The highest BCUT2D eigenvalue weighted by Gasteiger charge is 2.45. The number of hydrazone groups is 1. The second-order valence-corrected chi connectivity index (χ2v) is 4.16. The number of hydrogen-bond acceptors (Lipinski definition) is 3. The number of carbonyl (C=O) groups is 1. The van der Waals surface area contributed by atoms with E-state index in [2.05, 4.69) is 10.5 Å². The number of nitrogens with one attached hydrogen (secondary N) is 1. The minimum Gasteiger partial charge on any atom is -0.481 e. The fourth-order valence-electron chi connectivity index (χ4n) is 2.49. The molecule has 0 spiro atoms. The van der Waals surface area contributed by atoms with Crippen molar-refractivity contribution >= 4 is 11.7 Å². The van der Waals surface area contributed by atoms with Crippen LogP contribution in [0.1, 0.15) is 38.5 Å². The van der Waals surface area contributed by atoms with E-state index in [0.29, 0.717) is 0 Å². The minimum absolute atomic E-state index is 0.637. The van der Waals surface area contributed by atoms with Crippen LogP contribution in [0.15, 0.2) is 5.10 Å². The Bertz CT molecular complexity index is 275. The number of fused-ring (bicyclic) bond motifs is 1. The Kier molecular flexibility index (Phi) is 2.44. The van der Waals surface area contributed by atoms with Crippen LogP contribution in [0.25, 0.3) is 0 Å². The van der Waals surface area contributed by atoms with E-state index in [4.69, 9.17) is 0 Å². The van der Waals surface area contributed by atoms with Gasteiger partial charge in [0.15, 0.2) is 0 Å². The van der Waals surface area contributed by atoms with E-state index in [1.54, 1.807) is 0 Å². The van der Waals surface area contributed by atoms with Crippen molar-refractivity contribution in [1.82, 2.24) is 5.43 Å². The summed E-state index contributed by atoms with van der Waals surface area (Å²) in [5.74, 6) is -0.681. The molecule has 0 aromatic carbocycles. The molecule has 2 N–H and O–H groups in total. The topological polar surface area (TPSA) is 61.7 Å². The van der Waals surface area contributed by atoms with Crippen LogP contribution in [0.4, 0.5) is 0 Å². The van der Waals surface area contributed by atoms with Crippen molar-refractivity contribution < 1.29 is 9.90 Å². The fraction of sp³-hybridized carbons (Fsp3) is 0.800. The first-order chi connectivity index (χ1) is 6.76. The molecule has 0 bridgehead atoms. The van der Waals surface area contributed by atoms with Gasteiger partial charge in [-0.25, -0.2) is 0 Å². The summed E-state index contributed by atoms with van der Waals surface area (Å²) >= 11 is 0. The number of rotatable bonds is 1. The van der Waals surface area contributed by atoms with Gasteiger partial charge in [0.2, 0.25) is 0 Å². The lowest BCUT2D eigenvalue weighted by Gasteiger charge is -2.33. The normalized spacial score (nSPS) is 32.1. The SMILES string of the molecule is O=C(O)C12CCCCC1=NNCCC2. The van der Waals surface area contributed by atoms with E-state index in [0.717, 1.165) is 50.8 Å². The second kappa shape index (κ2) is 3.59. The molecule has 1 unspecified atom stereocenters. The molecule has 2 rings (SSSR count). The molecule has 78 valence electrons. The van der Waals surface area contributed by atoms with Crippen molar-refractivity contribution in [3.8, 4) is 0 Å². The summed E-state index contributed by atoms with van der Waals surface area (Å²) in [5, 5.41) is 13.6. The largest absolute Gasteiger partial charge is 0.481 e. The van der Waals surface area contributed by atoms with E-state index in [-0.39, 0.29) is 0 Å². The third kappa shape index (κ3) is 1.38. The van der Waals surface area contributed by atoms with Gasteiger partial charge in [0.05, 0.1) is 5.71 Å². The van der Waals surface area contributed by atoms with Crippen LogP contribution in [0.2, 0.25) is 0 Å². The summed E-state index contributed by atoms with van der Waals surface area (Å²) in [6.45, 7) is 0.804. The van der Waals surface area contributed by atoms with Crippen LogP contribution < -0.4 is 5.43 Å². The molecule has 1 fully saturated rings. The summed E-state index contributed by atoms with van der Waals surface area (Å²) < 4.78 is 0. The Balaban J connectivity index is 2.33. The highest BCUT2D eigenvalue weighted by Crippen LogP contribution is 2.39. The molecular weight excluding hydrogens is 180 g/mol. The maximum absolute atomic E-state index is 11.4. The molecule has 1 aliphatic carbocycles. The van der Waals surface area contributed by atoms with Crippen molar-refractivity contribution in [1.29, 1.82) is 0 Å². The van der Waals surface area contributed by atoms with Gasteiger partial charge in [-0.05, 0) is 32.1 Å². The van der Waals surface area contributed by atoms with Gasteiger partial charge in [-0.15, -0.1) is 0 Å². The van der Waals surface area contributed by atoms with Crippen LogP contribution in [0.5, 0.6) is 0 Å². The zero-order valence-electron chi connectivity index (χ0n) is 8.25. The molecule has 1 atom stereocenters. The quantitative estimate of drug-likeness (QED) is 0.665. The Labute approximate surface area is 83.4 Å². The number of carboxylic acids is 1. The maximum atomic E-state index is 11.4. The zero-order chi connectivity index (χ0) is 10.0. The van der Waals surface area contributed by atoms with Gasteiger partial charge < -0.3 is 10.5 Å². The average Bonchev–Trinajstić information content (AvgIpc) is 2.40. The lowest BCUT2D eigenvalue weighted by atomic mass is 9.70. The smallest absolute Gasteiger partial charge is 0.315 e. The molecule has 1 aliphatic heterocycles. The molecular formula is C10H16N2O2. The van der Waals surface area contributed by atoms with Gasteiger partial charge in [0, 0.05) is 6.54 Å².